The summed E-state index contributed by atoms with van der Waals surface area (Å²) in [7, 11) is 0. The number of rotatable bonds is 5. The summed E-state index contributed by atoms with van der Waals surface area (Å²) in [5, 5.41) is 0. The zero-order chi connectivity index (χ0) is 13.0. The number of pyridine rings is 1. The normalized spacial score (nSPS) is 11.5. The van der Waals surface area contributed by atoms with Gasteiger partial charge in [0, 0.05) is 23.6 Å². The first kappa shape index (κ1) is 14.4. The molecule has 0 amide bonds. The van der Waals surface area contributed by atoms with E-state index in [2.05, 4.69) is 46.4 Å². The second-order valence-electron chi connectivity index (χ2n) is 5.24. The number of nitrogens with zero attached hydrogens (tertiary/aromatic N) is 1. The van der Waals surface area contributed by atoms with E-state index in [1.165, 1.54) is 0 Å². The van der Waals surface area contributed by atoms with Gasteiger partial charge in [-0.05, 0) is 24.3 Å². The van der Waals surface area contributed by atoms with Crippen LogP contribution in [0.15, 0.2) is 16.9 Å². The van der Waals surface area contributed by atoms with Crippen molar-refractivity contribution < 1.29 is 0 Å². The second kappa shape index (κ2) is 6.29. The molecule has 3 heteroatoms. The largest absolute Gasteiger partial charge is 0.312 e. The number of thiol groups is 1. The first-order valence-corrected chi connectivity index (χ1v) is 6.94. The van der Waals surface area contributed by atoms with E-state index in [4.69, 9.17) is 0 Å². The summed E-state index contributed by atoms with van der Waals surface area (Å²) < 4.78 is 1.93. The zero-order valence-corrected chi connectivity index (χ0v) is 12.1. The third-order valence-corrected chi connectivity index (χ3v) is 3.32. The number of hydrogen-bond donors (Lipinski definition) is 1. The summed E-state index contributed by atoms with van der Waals surface area (Å²) in [5.74, 6) is 1.50. The molecule has 1 aromatic heterocycles. The highest BCUT2D eigenvalue weighted by Crippen LogP contribution is 2.15. The lowest BCUT2D eigenvalue weighted by atomic mass is 10.1. The van der Waals surface area contributed by atoms with Crippen LogP contribution in [0.1, 0.15) is 51.3 Å². The van der Waals surface area contributed by atoms with Crippen LogP contribution in [0.25, 0.3) is 0 Å². The fraction of sp³-hybridized carbons (Fsp3) is 0.643. The van der Waals surface area contributed by atoms with Crippen LogP contribution < -0.4 is 5.56 Å². The lowest BCUT2D eigenvalue weighted by Crippen LogP contribution is -2.27. The van der Waals surface area contributed by atoms with Gasteiger partial charge >= 0.3 is 0 Å². The molecular formula is C14H23NOS. The minimum atomic E-state index is 0.131. The third kappa shape index (κ3) is 3.63. The van der Waals surface area contributed by atoms with E-state index in [0.717, 1.165) is 24.2 Å². The zero-order valence-electron chi connectivity index (χ0n) is 11.2. The van der Waals surface area contributed by atoms with Crippen molar-refractivity contribution >= 4 is 12.6 Å². The third-order valence-electron chi connectivity index (χ3n) is 2.98. The van der Waals surface area contributed by atoms with Crippen molar-refractivity contribution in [1.29, 1.82) is 0 Å². The van der Waals surface area contributed by atoms with E-state index in [-0.39, 0.29) is 5.56 Å². The van der Waals surface area contributed by atoms with Gasteiger partial charge in [-0.15, -0.1) is 0 Å². The molecule has 0 aliphatic heterocycles. The molecule has 1 aromatic rings. The Morgan fingerprint density at radius 1 is 1.24 bits per heavy atom. The molecule has 0 bridgehead atoms. The molecule has 0 radical (unpaired) electrons. The van der Waals surface area contributed by atoms with Crippen LogP contribution in [0.4, 0.5) is 0 Å². The molecular weight excluding hydrogens is 230 g/mol. The topological polar surface area (TPSA) is 22.0 Å². The average molecular weight is 253 g/mol. The molecule has 0 saturated heterocycles. The van der Waals surface area contributed by atoms with Crippen LogP contribution in [-0.2, 0) is 12.3 Å². The van der Waals surface area contributed by atoms with Crippen molar-refractivity contribution in [2.24, 2.45) is 5.92 Å². The Kier molecular flexibility index (Phi) is 5.31. The van der Waals surface area contributed by atoms with Gasteiger partial charge in [-0.1, -0.05) is 33.8 Å². The first-order valence-electron chi connectivity index (χ1n) is 6.30. The fourth-order valence-corrected chi connectivity index (χ4v) is 2.12. The molecule has 0 unspecified atom stereocenters. The highest BCUT2D eigenvalue weighted by atomic mass is 32.1. The van der Waals surface area contributed by atoms with Crippen molar-refractivity contribution in [2.75, 3.05) is 0 Å². The van der Waals surface area contributed by atoms with Gasteiger partial charge < -0.3 is 4.57 Å². The van der Waals surface area contributed by atoms with Gasteiger partial charge in [0.1, 0.15) is 0 Å². The molecule has 0 saturated carbocycles. The molecule has 96 valence electrons. The molecule has 0 N–H and O–H groups in total. The molecule has 0 aliphatic carbocycles. The van der Waals surface area contributed by atoms with E-state index in [1.54, 1.807) is 0 Å². The minimum Gasteiger partial charge on any atom is -0.312 e. The SMILES string of the molecule is CC(C)CCn1c(C(C)C)ccc(CS)c1=O. The van der Waals surface area contributed by atoms with Crippen LogP contribution in [-0.4, -0.2) is 4.57 Å². The number of aromatic nitrogens is 1. The van der Waals surface area contributed by atoms with Gasteiger partial charge in [-0.3, -0.25) is 4.79 Å². The van der Waals surface area contributed by atoms with Crippen molar-refractivity contribution in [2.45, 2.75) is 52.3 Å². The first-order chi connectivity index (χ1) is 7.97. The quantitative estimate of drug-likeness (QED) is 0.798. The average Bonchev–Trinajstić information content (AvgIpc) is 2.26. The van der Waals surface area contributed by atoms with E-state index >= 15 is 0 Å². The monoisotopic (exact) mass is 253 g/mol. The summed E-state index contributed by atoms with van der Waals surface area (Å²) in [6, 6.07) is 3.98. The van der Waals surface area contributed by atoms with Crippen molar-refractivity contribution in [3.63, 3.8) is 0 Å². The van der Waals surface area contributed by atoms with E-state index in [9.17, 15) is 4.79 Å². The molecule has 0 fully saturated rings. The maximum Gasteiger partial charge on any atom is 0.254 e. The van der Waals surface area contributed by atoms with Gasteiger partial charge in [-0.2, -0.15) is 12.6 Å². The van der Waals surface area contributed by atoms with E-state index in [0.29, 0.717) is 17.6 Å². The Bertz CT molecular complexity index is 421. The number of hydrogen-bond acceptors (Lipinski definition) is 2. The Morgan fingerprint density at radius 2 is 1.88 bits per heavy atom. The van der Waals surface area contributed by atoms with Gasteiger partial charge in [0.05, 0.1) is 0 Å². The summed E-state index contributed by atoms with van der Waals surface area (Å²) in [6.45, 7) is 9.43. The smallest absolute Gasteiger partial charge is 0.254 e. The highest BCUT2D eigenvalue weighted by Gasteiger charge is 2.11. The molecule has 1 rings (SSSR count). The van der Waals surface area contributed by atoms with E-state index < -0.39 is 0 Å². The van der Waals surface area contributed by atoms with Crippen molar-refractivity contribution in [3.05, 3.63) is 33.7 Å². The molecule has 0 aliphatic rings. The van der Waals surface area contributed by atoms with Crippen LogP contribution in [0.5, 0.6) is 0 Å². The Morgan fingerprint density at radius 3 is 2.35 bits per heavy atom. The van der Waals surface area contributed by atoms with E-state index in [1.807, 2.05) is 10.6 Å². The molecule has 0 atom stereocenters. The summed E-state index contributed by atoms with van der Waals surface area (Å²) in [4.78, 5) is 12.3. The van der Waals surface area contributed by atoms with Crippen molar-refractivity contribution in [1.82, 2.24) is 4.57 Å². The predicted octanol–water partition coefficient (Wildman–Crippen LogP) is 3.45. The molecule has 1 heterocycles. The van der Waals surface area contributed by atoms with Crippen LogP contribution in [0.2, 0.25) is 0 Å². The maximum atomic E-state index is 12.3. The van der Waals surface area contributed by atoms with Gasteiger partial charge in [0.25, 0.3) is 5.56 Å². The van der Waals surface area contributed by atoms with Gasteiger partial charge in [0.15, 0.2) is 0 Å². The summed E-state index contributed by atoms with van der Waals surface area (Å²) in [6.07, 6.45) is 1.04. The van der Waals surface area contributed by atoms with Crippen LogP contribution >= 0.6 is 12.6 Å². The second-order valence-corrected chi connectivity index (χ2v) is 5.55. The lowest BCUT2D eigenvalue weighted by Gasteiger charge is -2.17. The highest BCUT2D eigenvalue weighted by molar-refractivity contribution is 7.79. The molecule has 2 nitrogen and oxygen atoms in total. The Labute approximate surface area is 109 Å². The van der Waals surface area contributed by atoms with Gasteiger partial charge in [-0.25, -0.2) is 0 Å². The molecule has 0 spiro atoms. The van der Waals surface area contributed by atoms with Gasteiger partial charge in [0.2, 0.25) is 0 Å². The van der Waals surface area contributed by atoms with Crippen LogP contribution in [0, 0.1) is 5.92 Å². The fourth-order valence-electron chi connectivity index (χ4n) is 1.88. The molecule has 0 aromatic carbocycles. The predicted molar refractivity (Wildman–Crippen MR) is 76.9 cm³/mol. The maximum absolute atomic E-state index is 12.3. The Hall–Kier alpha value is -0.700. The minimum absolute atomic E-state index is 0.131. The van der Waals surface area contributed by atoms with Crippen molar-refractivity contribution in [3.8, 4) is 0 Å². The lowest BCUT2D eigenvalue weighted by molar-refractivity contribution is 0.489. The van der Waals surface area contributed by atoms with Crippen LogP contribution in [0.3, 0.4) is 0 Å². The standard InChI is InChI=1S/C14H23NOS/c1-10(2)7-8-15-13(11(3)4)6-5-12(9-17)14(15)16/h5-6,10-11,17H,7-9H2,1-4H3. The Balaban J connectivity index is 3.16. The molecule has 17 heavy (non-hydrogen) atoms. The summed E-state index contributed by atoms with van der Waals surface area (Å²) in [5.41, 5.74) is 2.05. The summed E-state index contributed by atoms with van der Waals surface area (Å²) >= 11 is 4.21.